The average Bonchev–Trinajstić information content (AvgIpc) is 2.97. The highest BCUT2D eigenvalue weighted by molar-refractivity contribution is 5.85. The monoisotopic (exact) mass is 308 g/mol. The lowest BCUT2D eigenvalue weighted by Crippen LogP contribution is -2.47. The fourth-order valence-electron chi connectivity index (χ4n) is 2.15. The number of carbonyl (C=O) groups excluding carboxylic acids is 1. The number of tetrazole rings is 1. The van der Waals surface area contributed by atoms with Crippen LogP contribution in [0, 0.1) is 0 Å². The first-order chi connectivity index (χ1) is 9.83. The summed E-state index contributed by atoms with van der Waals surface area (Å²) in [5.41, 5.74) is 0.897. The van der Waals surface area contributed by atoms with Gasteiger partial charge in [-0.15, -0.1) is 22.6 Å². The second-order valence-corrected chi connectivity index (χ2v) is 4.64. The van der Waals surface area contributed by atoms with Crippen molar-refractivity contribution in [3.05, 3.63) is 30.3 Å². The minimum absolute atomic E-state index is 0. The van der Waals surface area contributed by atoms with Crippen molar-refractivity contribution in [2.45, 2.75) is 6.54 Å². The van der Waals surface area contributed by atoms with Crippen molar-refractivity contribution in [1.29, 1.82) is 0 Å². The molecule has 1 amide bonds. The summed E-state index contributed by atoms with van der Waals surface area (Å²) in [5, 5.41) is 15.4. The molecule has 0 saturated carbocycles. The molecule has 0 aliphatic carbocycles. The van der Waals surface area contributed by atoms with Crippen LogP contribution in [0.25, 0.3) is 11.4 Å². The number of nitrogens with one attached hydrogen (secondary N) is 1. The molecule has 0 bridgehead atoms. The Kier molecular flexibility index (Phi) is 5.24. The largest absolute Gasteiger partial charge is 0.338 e. The normalized spacial score (nSPS) is 14.6. The summed E-state index contributed by atoms with van der Waals surface area (Å²) in [6.07, 6.45) is 0. The number of hydrogen-bond donors (Lipinski definition) is 1. The molecule has 8 heteroatoms. The Bertz CT molecular complexity index is 581. The summed E-state index contributed by atoms with van der Waals surface area (Å²) >= 11 is 0. The molecule has 0 radical (unpaired) electrons. The van der Waals surface area contributed by atoms with Crippen LogP contribution in [-0.4, -0.2) is 57.2 Å². The molecular weight excluding hydrogens is 292 g/mol. The zero-order chi connectivity index (χ0) is 13.8. The van der Waals surface area contributed by atoms with Gasteiger partial charge >= 0.3 is 0 Å². The summed E-state index contributed by atoms with van der Waals surface area (Å²) in [6.45, 7) is 3.29. The highest BCUT2D eigenvalue weighted by Crippen LogP contribution is 2.11. The minimum atomic E-state index is 0. The van der Waals surface area contributed by atoms with E-state index >= 15 is 0 Å². The lowest BCUT2D eigenvalue weighted by atomic mass is 10.2. The fraction of sp³-hybridized carbons (Fsp3) is 0.385. The van der Waals surface area contributed by atoms with Gasteiger partial charge in [0.2, 0.25) is 11.7 Å². The number of nitrogens with zero attached hydrogens (tertiary/aromatic N) is 5. The van der Waals surface area contributed by atoms with Gasteiger partial charge in [0.15, 0.2) is 0 Å². The van der Waals surface area contributed by atoms with E-state index in [2.05, 4.69) is 20.7 Å². The fourth-order valence-corrected chi connectivity index (χ4v) is 2.15. The molecule has 0 atom stereocenters. The standard InChI is InChI=1S/C13H16N6O.ClH/c20-12(18-8-6-14-7-9-18)10-19-16-13(15-17-19)11-4-2-1-3-5-11;/h1-5,14H,6-10H2;1H. The molecule has 1 N–H and O–H groups in total. The third-order valence-corrected chi connectivity index (χ3v) is 3.23. The molecule has 0 unspecified atom stereocenters. The van der Waals surface area contributed by atoms with E-state index in [-0.39, 0.29) is 24.9 Å². The predicted octanol–water partition coefficient (Wildman–Crippen LogP) is 0.194. The third kappa shape index (κ3) is 3.77. The molecule has 7 nitrogen and oxygen atoms in total. The van der Waals surface area contributed by atoms with Gasteiger partial charge in [-0.25, -0.2) is 0 Å². The summed E-state index contributed by atoms with van der Waals surface area (Å²) in [6, 6.07) is 9.60. The maximum absolute atomic E-state index is 12.1. The first kappa shape index (κ1) is 15.4. The number of rotatable bonds is 3. The maximum atomic E-state index is 12.1. The van der Waals surface area contributed by atoms with Crippen LogP contribution < -0.4 is 5.32 Å². The van der Waals surface area contributed by atoms with Gasteiger partial charge in [-0.1, -0.05) is 30.3 Å². The predicted molar refractivity (Wildman–Crippen MR) is 80.0 cm³/mol. The van der Waals surface area contributed by atoms with Gasteiger partial charge in [-0.05, 0) is 5.21 Å². The second-order valence-electron chi connectivity index (χ2n) is 4.64. The van der Waals surface area contributed by atoms with Crippen LogP contribution in [-0.2, 0) is 11.3 Å². The van der Waals surface area contributed by atoms with E-state index in [1.807, 2.05) is 35.2 Å². The lowest BCUT2D eigenvalue weighted by molar-refractivity contribution is -0.132. The van der Waals surface area contributed by atoms with Crippen LogP contribution in [0.5, 0.6) is 0 Å². The Labute approximate surface area is 128 Å². The molecule has 1 aromatic heterocycles. The van der Waals surface area contributed by atoms with E-state index in [9.17, 15) is 4.79 Å². The van der Waals surface area contributed by atoms with Gasteiger partial charge in [0.25, 0.3) is 0 Å². The van der Waals surface area contributed by atoms with Crippen LogP contribution in [0.4, 0.5) is 0 Å². The molecule has 1 aliphatic heterocycles. The van der Waals surface area contributed by atoms with Crippen molar-refractivity contribution in [3.8, 4) is 11.4 Å². The van der Waals surface area contributed by atoms with Crippen LogP contribution in [0.2, 0.25) is 0 Å². The van der Waals surface area contributed by atoms with Crippen molar-refractivity contribution >= 4 is 18.3 Å². The summed E-state index contributed by atoms with van der Waals surface area (Å²) in [4.78, 5) is 15.3. The molecule has 1 aromatic carbocycles. The molecular formula is C13H17ClN6O. The van der Waals surface area contributed by atoms with Crippen molar-refractivity contribution in [3.63, 3.8) is 0 Å². The van der Waals surface area contributed by atoms with Gasteiger partial charge < -0.3 is 10.2 Å². The van der Waals surface area contributed by atoms with Crippen LogP contribution in [0.1, 0.15) is 0 Å². The zero-order valence-corrected chi connectivity index (χ0v) is 12.3. The Morgan fingerprint density at radius 1 is 1.19 bits per heavy atom. The maximum Gasteiger partial charge on any atom is 0.246 e. The van der Waals surface area contributed by atoms with Gasteiger partial charge in [-0.2, -0.15) is 4.80 Å². The number of benzene rings is 1. The van der Waals surface area contributed by atoms with Gasteiger partial charge in [-0.3, -0.25) is 4.79 Å². The number of aromatic nitrogens is 4. The van der Waals surface area contributed by atoms with E-state index in [0.29, 0.717) is 5.82 Å². The molecule has 3 rings (SSSR count). The number of carbonyl (C=O) groups is 1. The van der Waals surface area contributed by atoms with Crippen molar-refractivity contribution in [2.24, 2.45) is 0 Å². The molecule has 112 valence electrons. The van der Waals surface area contributed by atoms with E-state index in [1.54, 1.807) is 0 Å². The van der Waals surface area contributed by atoms with Gasteiger partial charge in [0.05, 0.1) is 0 Å². The van der Waals surface area contributed by atoms with E-state index in [1.165, 1.54) is 4.80 Å². The van der Waals surface area contributed by atoms with Crippen LogP contribution in [0.3, 0.4) is 0 Å². The van der Waals surface area contributed by atoms with Crippen molar-refractivity contribution in [1.82, 2.24) is 30.4 Å². The quantitative estimate of drug-likeness (QED) is 0.876. The lowest BCUT2D eigenvalue weighted by Gasteiger charge is -2.27. The molecule has 2 aromatic rings. The minimum Gasteiger partial charge on any atom is -0.338 e. The van der Waals surface area contributed by atoms with Gasteiger partial charge in [0.1, 0.15) is 6.54 Å². The van der Waals surface area contributed by atoms with Crippen LogP contribution >= 0.6 is 12.4 Å². The van der Waals surface area contributed by atoms with Crippen LogP contribution in [0.15, 0.2) is 30.3 Å². The smallest absolute Gasteiger partial charge is 0.246 e. The molecule has 1 saturated heterocycles. The molecule has 2 heterocycles. The Balaban J connectivity index is 0.00000161. The molecule has 21 heavy (non-hydrogen) atoms. The van der Waals surface area contributed by atoms with E-state index in [4.69, 9.17) is 0 Å². The van der Waals surface area contributed by atoms with E-state index < -0.39 is 0 Å². The second kappa shape index (κ2) is 7.14. The SMILES string of the molecule is Cl.O=C(Cn1nnc(-c2ccccc2)n1)N1CCNCC1. The van der Waals surface area contributed by atoms with E-state index in [0.717, 1.165) is 31.7 Å². The number of hydrogen-bond acceptors (Lipinski definition) is 5. The highest BCUT2D eigenvalue weighted by atomic mass is 35.5. The van der Waals surface area contributed by atoms with Crippen molar-refractivity contribution < 1.29 is 4.79 Å². The number of halogens is 1. The Morgan fingerprint density at radius 3 is 2.62 bits per heavy atom. The third-order valence-electron chi connectivity index (χ3n) is 3.23. The first-order valence-corrected chi connectivity index (χ1v) is 6.64. The number of piperazine rings is 1. The Hall–Kier alpha value is -1.99. The summed E-state index contributed by atoms with van der Waals surface area (Å²) in [7, 11) is 0. The molecule has 1 fully saturated rings. The van der Waals surface area contributed by atoms with Gasteiger partial charge in [0, 0.05) is 31.7 Å². The number of amides is 1. The first-order valence-electron chi connectivity index (χ1n) is 6.64. The Morgan fingerprint density at radius 2 is 1.90 bits per heavy atom. The zero-order valence-electron chi connectivity index (χ0n) is 11.5. The summed E-state index contributed by atoms with van der Waals surface area (Å²) < 4.78 is 0. The molecule has 0 spiro atoms. The summed E-state index contributed by atoms with van der Waals surface area (Å²) in [5.74, 6) is 0.572. The highest BCUT2D eigenvalue weighted by Gasteiger charge is 2.17. The topological polar surface area (TPSA) is 75.9 Å². The van der Waals surface area contributed by atoms with Crippen molar-refractivity contribution in [2.75, 3.05) is 26.2 Å². The average molecular weight is 309 g/mol. The molecule has 1 aliphatic rings.